The molecule has 5 aromatic rings. The van der Waals surface area contributed by atoms with E-state index in [1.54, 1.807) is 42.7 Å². The molecule has 1 aliphatic heterocycles. The van der Waals surface area contributed by atoms with Gasteiger partial charge in [-0.15, -0.1) is 10.2 Å². The topological polar surface area (TPSA) is 108 Å². The summed E-state index contributed by atoms with van der Waals surface area (Å²) in [6.07, 6.45) is 3.18. The first-order valence-electron chi connectivity index (χ1n) is 12.8. The highest BCUT2D eigenvalue weighted by Gasteiger charge is 2.24. The maximum absolute atomic E-state index is 13.5. The smallest absolute Gasteiger partial charge is 0.269 e. The molecule has 0 spiro atoms. The van der Waals surface area contributed by atoms with Crippen molar-refractivity contribution < 1.29 is 13.2 Å². The van der Waals surface area contributed by atoms with Crippen LogP contribution in [-0.4, -0.2) is 62.9 Å². The summed E-state index contributed by atoms with van der Waals surface area (Å²) in [4.78, 5) is 12.0. The van der Waals surface area contributed by atoms with Crippen molar-refractivity contribution >= 4 is 26.9 Å². The number of anilines is 1. The average molecular weight is 544 g/mol. The highest BCUT2D eigenvalue weighted by molar-refractivity contribution is 7.90. The van der Waals surface area contributed by atoms with Crippen LogP contribution in [0.4, 0.5) is 5.82 Å². The summed E-state index contributed by atoms with van der Waals surface area (Å²) in [7, 11) is -3.83. The molecule has 4 aromatic heterocycles. The summed E-state index contributed by atoms with van der Waals surface area (Å²) in [6.45, 7) is 9.82. The quantitative estimate of drug-likeness (QED) is 0.327. The molecule has 1 aliphatic rings. The van der Waals surface area contributed by atoms with E-state index in [1.807, 2.05) is 43.5 Å². The fourth-order valence-electron chi connectivity index (χ4n) is 5.08. The lowest BCUT2D eigenvalue weighted by atomic mass is 10.1. The van der Waals surface area contributed by atoms with E-state index >= 15 is 0 Å². The minimum atomic E-state index is -3.83. The predicted molar refractivity (Wildman–Crippen MR) is 149 cm³/mol. The van der Waals surface area contributed by atoms with Crippen LogP contribution in [0.15, 0.2) is 65.8 Å². The first kappa shape index (κ1) is 25.2. The number of hydrogen-bond donors (Lipinski definition) is 0. The molecule has 0 radical (unpaired) electrons. The van der Waals surface area contributed by atoms with Crippen LogP contribution in [0.3, 0.4) is 0 Å². The van der Waals surface area contributed by atoms with Crippen molar-refractivity contribution in [3.63, 3.8) is 0 Å². The Kier molecular flexibility index (Phi) is 6.19. The van der Waals surface area contributed by atoms with Crippen LogP contribution in [0.1, 0.15) is 24.1 Å². The van der Waals surface area contributed by atoms with E-state index in [1.165, 1.54) is 3.97 Å². The number of fused-ring (bicyclic) bond motifs is 1. The molecule has 6 rings (SSSR count). The third kappa shape index (κ3) is 4.37. The van der Waals surface area contributed by atoms with E-state index in [0.29, 0.717) is 36.5 Å². The van der Waals surface area contributed by atoms with Crippen molar-refractivity contribution in [1.82, 2.24) is 28.7 Å². The number of ether oxygens (including phenoxy) is 1. The SMILES string of the molecule is Cc1ccc(S(=O)(=O)n2ccc3c(-c4cc(-n5c(C)nnc5C)cc(N5CCOC[C@H]5C)n4)ccnc32)cc1. The fourth-order valence-corrected chi connectivity index (χ4v) is 6.38. The average Bonchev–Trinajstić information content (AvgIpc) is 3.52. The second kappa shape index (κ2) is 9.58. The number of aryl methyl sites for hydroxylation is 3. The Hall–Kier alpha value is -4.09. The molecule has 0 bridgehead atoms. The molecule has 0 saturated carbocycles. The zero-order chi connectivity index (χ0) is 27.3. The minimum absolute atomic E-state index is 0.149. The van der Waals surface area contributed by atoms with Gasteiger partial charge in [0.25, 0.3) is 10.0 Å². The molecular formula is C28H29N7O3S. The van der Waals surface area contributed by atoms with Gasteiger partial charge in [0.15, 0.2) is 5.65 Å². The summed E-state index contributed by atoms with van der Waals surface area (Å²) in [5.74, 6) is 2.34. The van der Waals surface area contributed by atoms with Gasteiger partial charge in [-0.2, -0.15) is 0 Å². The van der Waals surface area contributed by atoms with Crippen molar-refractivity contribution in [1.29, 1.82) is 0 Å². The third-order valence-corrected chi connectivity index (χ3v) is 8.79. The summed E-state index contributed by atoms with van der Waals surface area (Å²) in [5.41, 5.74) is 3.70. The Morgan fingerprint density at radius 3 is 2.44 bits per heavy atom. The van der Waals surface area contributed by atoms with Gasteiger partial charge < -0.3 is 9.64 Å². The predicted octanol–water partition coefficient (Wildman–Crippen LogP) is 4.07. The van der Waals surface area contributed by atoms with Crippen LogP contribution >= 0.6 is 0 Å². The summed E-state index contributed by atoms with van der Waals surface area (Å²) in [5, 5.41) is 9.18. The maximum atomic E-state index is 13.5. The van der Waals surface area contributed by atoms with E-state index in [4.69, 9.17) is 9.72 Å². The van der Waals surface area contributed by atoms with Gasteiger partial charge in [0.2, 0.25) is 0 Å². The van der Waals surface area contributed by atoms with Crippen molar-refractivity contribution in [3.05, 3.63) is 78.1 Å². The van der Waals surface area contributed by atoms with Crippen LogP contribution in [-0.2, 0) is 14.8 Å². The van der Waals surface area contributed by atoms with E-state index in [2.05, 4.69) is 27.0 Å². The van der Waals surface area contributed by atoms with Crippen LogP contribution in [0, 0.1) is 20.8 Å². The number of benzene rings is 1. The van der Waals surface area contributed by atoms with Crippen molar-refractivity contribution in [2.45, 2.75) is 38.6 Å². The number of hydrogen-bond acceptors (Lipinski definition) is 8. The Morgan fingerprint density at radius 2 is 1.72 bits per heavy atom. The maximum Gasteiger partial charge on any atom is 0.269 e. The van der Waals surface area contributed by atoms with Gasteiger partial charge in [0.1, 0.15) is 17.5 Å². The molecular weight excluding hydrogens is 514 g/mol. The Balaban J connectivity index is 1.53. The first-order chi connectivity index (χ1) is 18.7. The molecule has 10 nitrogen and oxygen atoms in total. The molecule has 0 amide bonds. The van der Waals surface area contributed by atoms with Crippen LogP contribution in [0.25, 0.3) is 28.0 Å². The lowest BCUT2D eigenvalue weighted by Gasteiger charge is -2.34. The normalized spacial score (nSPS) is 16.2. The Bertz CT molecular complexity index is 1770. The molecule has 0 aliphatic carbocycles. The van der Waals surface area contributed by atoms with Gasteiger partial charge in [0.05, 0.1) is 35.5 Å². The number of nitrogens with zero attached hydrogens (tertiary/aromatic N) is 7. The van der Waals surface area contributed by atoms with E-state index in [0.717, 1.165) is 34.3 Å². The van der Waals surface area contributed by atoms with Crippen molar-refractivity contribution in [2.75, 3.05) is 24.7 Å². The molecule has 0 N–H and O–H groups in total. The summed E-state index contributed by atoms with van der Waals surface area (Å²) in [6, 6.07) is 14.6. The van der Waals surface area contributed by atoms with Gasteiger partial charge in [0, 0.05) is 36.0 Å². The van der Waals surface area contributed by atoms with Gasteiger partial charge in [-0.05, 0) is 58.0 Å². The zero-order valence-corrected chi connectivity index (χ0v) is 23.1. The standard InChI is InChI=1S/C28H29N7O3S/c1-18-5-7-23(8-6-18)39(36,37)34-12-10-25-24(9-11-29-28(25)34)26-15-22(35-20(3)31-32-21(35)4)16-27(30-26)33-13-14-38-17-19(33)2/h5-12,15-16,19H,13-14,17H2,1-4H3/t19-/m1/s1. The highest BCUT2D eigenvalue weighted by Crippen LogP contribution is 2.33. The molecule has 1 aromatic carbocycles. The lowest BCUT2D eigenvalue weighted by molar-refractivity contribution is 0.0985. The second-order valence-electron chi connectivity index (χ2n) is 9.84. The highest BCUT2D eigenvalue weighted by atomic mass is 32.2. The van der Waals surface area contributed by atoms with Crippen LogP contribution < -0.4 is 4.90 Å². The molecule has 0 unspecified atom stereocenters. The number of aromatic nitrogens is 6. The first-order valence-corrected chi connectivity index (χ1v) is 14.2. The molecule has 11 heteroatoms. The molecule has 200 valence electrons. The number of morpholine rings is 1. The minimum Gasteiger partial charge on any atom is -0.377 e. The fraction of sp³-hybridized carbons (Fsp3) is 0.286. The molecule has 5 heterocycles. The largest absolute Gasteiger partial charge is 0.377 e. The zero-order valence-electron chi connectivity index (χ0n) is 22.2. The monoisotopic (exact) mass is 543 g/mol. The third-order valence-electron chi connectivity index (χ3n) is 7.11. The molecule has 1 fully saturated rings. The van der Waals surface area contributed by atoms with Gasteiger partial charge in [-0.3, -0.25) is 4.57 Å². The molecule has 1 saturated heterocycles. The summed E-state index contributed by atoms with van der Waals surface area (Å²) >= 11 is 0. The molecule has 1 atom stereocenters. The lowest BCUT2D eigenvalue weighted by Crippen LogP contribution is -2.44. The Morgan fingerprint density at radius 1 is 0.974 bits per heavy atom. The van der Waals surface area contributed by atoms with Crippen molar-refractivity contribution in [2.24, 2.45) is 0 Å². The van der Waals surface area contributed by atoms with E-state index in [9.17, 15) is 8.42 Å². The second-order valence-corrected chi connectivity index (χ2v) is 11.7. The van der Waals surface area contributed by atoms with Gasteiger partial charge in [-0.1, -0.05) is 17.7 Å². The van der Waals surface area contributed by atoms with Crippen molar-refractivity contribution in [3.8, 4) is 16.9 Å². The summed E-state index contributed by atoms with van der Waals surface area (Å²) < 4.78 is 35.9. The van der Waals surface area contributed by atoms with E-state index in [-0.39, 0.29) is 10.9 Å². The number of rotatable bonds is 5. The van der Waals surface area contributed by atoms with Crippen LogP contribution in [0.2, 0.25) is 0 Å². The van der Waals surface area contributed by atoms with Gasteiger partial charge in [-0.25, -0.2) is 22.4 Å². The Labute approximate surface area is 227 Å². The van der Waals surface area contributed by atoms with Gasteiger partial charge >= 0.3 is 0 Å². The number of pyridine rings is 2. The van der Waals surface area contributed by atoms with Crippen LogP contribution in [0.5, 0.6) is 0 Å². The molecule has 39 heavy (non-hydrogen) atoms. The van der Waals surface area contributed by atoms with E-state index < -0.39 is 10.0 Å².